The van der Waals surface area contributed by atoms with E-state index >= 15 is 0 Å². The van der Waals surface area contributed by atoms with E-state index in [-0.39, 0.29) is 22.6 Å². The Bertz CT molecular complexity index is 847. The first kappa shape index (κ1) is 19.8. The largest absolute Gasteiger partial charge is 0.497 e. The highest BCUT2D eigenvalue weighted by Crippen LogP contribution is 2.27. The van der Waals surface area contributed by atoms with Crippen LogP contribution < -0.4 is 9.64 Å². The first-order valence-corrected chi connectivity index (χ1v) is 9.37. The lowest BCUT2D eigenvalue weighted by molar-refractivity contribution is -0.384. The van der Waals surface area contributed by atoms with Crippen molar-refractivity contribution in [3.63, 3.8) is 0 Å². The maximum atomic E-state index is 12.3. The second-order valence-electron chi connectivity index (χ2n) is 7.02. The average molecular weight is 383 g/mol. The summed E-state index contributed by atoms with van der Waals surface area (Å²) < 4.78 is 5.29. The molecule has 1 fully saturated rings. The number of ether oxygens (including phenoxy) is 1. The summed E-state index contributed by atoms with van der Waals surface area (Å²) in [5, 5.41) is 11.0. The molecule has 0 radical (unpaired) electrons. The quantitative estimate of drug-likeness (QED) is 0.562. The van der Waals surface area contributed by atoms with Crippen molar-refractivity contribution in [3.05, 3.63) is 64.2 Å². The Morgan fingerprint density at radius 3 is 2.57 bits per heavy atom. The predicted molar refractivity (Wildman–Crippen MR) is 108 cm³/mol. The van der Waals surface area contributed by atoms with Crippen LogP contribution in [0.25, 0.3) is 0 Å². The number of carbonyl (C=O) groups is 1. The molecule has 0 bridgehead atoms. The van der Waals surface area contributed by atoms with Crippen molar-refractivity contribution in [3.8, 4) is 5.75 Å². The average Bonchev–Trinajstić information content (AvgIpc) is 2.69. The van der Waals surface area contributed by atoms with Gasteiger partial charge in [0, 0.05) is 56.5 Å². The fourth-order valence-electron chi connectivity index (χ4n) is 3.77. The number of anilines is 1. The van der Waals surface area contributed by atoms with E-state index in [4.69, 9.17) is 4.74 Å². The number of carbonyl (C=O) groups excluding carboxylic acids is 1. The molecule has 1 heterocycles. The fraction of sp³-hybridized carbons (Fsp3) is 0.381. The number of amides is 1. The van der Waals surface area contributed by atoms with Crippen LogP contribution in [0.4, 0.5) is 11.4 Å². The van der Waals surface area contributed by atoms with Gasteiger partial charge >= 0.3 is 0 Å². The zero-order valence-corrected chi connectivity index (χ0v) is 16.2. The Hall–Kier alpha value is -2.93. The number of piperidine rings is 1. The number of nitro groups is 1. The molecule has 2 aromatic rings. The number of nitro benzene ring substituents is 1. The summed E-state index contributed by atoms with van der Waals surface area (Å²) in [5.74, 6) is 0.747. The molecule has 0 spiro atoms. The van der Waals surface area contributed by atoms with Gasteiger partial charge in [-0.2, -0.15) is 0 Å². The molecule has 7 heteroatoms. The van der Waals surface area contributed by atoms with Gasteiger partial charge in [0.05, 0.1) is 12.0 Å². The molecule has 148 valence electrons. The smallest absolute Gasteiger partial charge is 0.269 e. The summed E-state index contributed by atoms with van der Waals surface area (Å²) in [6, 6.07) is 14.5. The van der Waals surface area contributed by atoms with Gasteiger partial charge in [0.15, 0.2) is 0 Å². The van der Waals surface area contributed by atoms with Crippen molar-refractivity contribution >= 4 is 17.3 Å². The molecule has 1 amide bonds. The normalized spacial score (nSPS) is 15.2. The van der Waals surface area contributed by atoms with Crippen LogP contribution in [-0.2, 0) is 11.3 Å². The third kappa shape index (κ3) is 4.67. The van der Waals surface area contributed by atoms with Crippen molar-refractivity contribution in [2.24, 2.45) is 0 Å². The van der Waals surface area contributed by atoms with Crippen molar-refractivity contribution in [1.82, 2.24) is 4.90 Å². The number of likely N-dealkylation sites (tertiary alicyclic amines) is 1. The van der Waals surface area contributed by atoms with Crippen LogP contribution in [0.15, 0.2) is 48.5 Å². The van der Waals surface area contributed by atoms with E-state index in [0.717, 1.165) is 42.9 Å². The number of nitrogens with zero attached hydrogens (tertiary/aromatic N) is 3. The number of benzene rings is 2. The van der Waals surface area contributed by atoms with Gasteiger partial charge in [-0.05, 0) is 30.5 Å². The first-order chi connectivity index (χ1) is 13.5. The zero-order chi connectivity index (χ0) is 20.1. The molecule has 0 saturated carbocycles. The van der Waals surface area contributed by atoms with Crippen LogP contribution in [0.1, 0.15) is 25.3 Å². The molecular weight excluding hydrogens is 358 g/mol. The van der Waals surface area contributed by atoms with Crippen LogP contribution in [0, 0.1) is 10.1 Å². The number of hydrogen-bond donors (Lipinski definition) is 0. The minimum atomic E-state index is -0.366. The minimum Gasteiger partial charge on any atom is -0.497 e. The van der Waals surface area contributed by atoms with Crippen LogP contribution >= 0.6 is 0 Å². The Balaban J connectivity index is 1.65. The molecule has 7 nitrogen and oxygen atoms in total. The second kappa shape index (κ2) is 8.84. The van der Waals surface area contributed by atoms with Crippen LogP contribution in [0.5, 0.6) is 5.75 Å². The van der Waals surface area contributed by atoms with Gasteiger partial charge in [0.2, 0.25) is 5.91 Å². The SMILES string of the molecule is COc1cccc(N(C(C)=O)C2CCN(Cc3cccc([N+](=O)[O-])c3)CC2)c1. The maximum Gasteiger partial charge on any atom is 0.269 e. The highest BCUT2D eigenvalue weighted by Gasteiger charge is 2.27. The van der Waals surface area contributed by atoms with Gasteiger partial charge < -0.3 is 9.64 Å². The third-order valence-corrected chi connectivity index (χ3v) is 5.12. The van der Waals surface area contributed by atoms with Gasteiger partial charge in [-0.3, -0.25) is 19.8 Å². The van der Waals surface area contributed by atoms with E-state index in [1.807, 2.05) is 35.2 Å². The Morgan fingerprint density at radius 1 is 1.21 bits per heavy atom. The van der Waals surface area contributed by atoms with E-state index in [0.29, 0.717) is 6.54 Å². The van der Waals surface area contributed by atoms with E-state index in [1.54, 1.807) is 26.2 Å². The summed E-state index contributed by atoms with van der Waals surface area (Å²) in [6.07, 6.45) is 1.71. The molecule has 28 heavy (non-hydrogen) atoms. The van der Waals surface area contributed by atoms with Crippen LogP contribution in [0.3, 0.4) is 0 Å². The number of hydrogen-bond acceptors (Lipinski definition) is 5. The molecule has 1 aliphatic heterocycles. The number of non-ortho nitro benzene ring substituents is 1. The van der Waals surface area contributed by atoms with E-state index < -0.39 is 0 Å². The summed E-state index contributed by atoms with van der Waals surface area (Å²) in [7, 11) is 1.61. The minimum absolute atomic E-state index is 0.0189. The molecule has 2 aromatic carbocycles. The zero-order valence-electron chi connectivity index (χ0n) is 16.2. The number of rotatable bonds is 6. The summed E-state index contributed by atoms with van der Waals surface area (Å²) in [5.41, 5.74) is 1.90. The summed E-state index contributed by atoms with van der Waals surface area (Å²) >= 11 is 0. The Kier molecular flexibility index (Phi) is 6.26. The topological polar surface area (TPSA) is 75.9 Å². The van der Waals surface area contributed by atoms with Gasteiger partial charge in [-0.1, -0.05) is 18.2 Å². The molecule has 1 saturated heterocycles. The summed E-state index contributed by atoms with van der Waals surface area (Å²) in [4.78, 5) is 27.0. The van der Waals surface area contributed by atoms with Gasteiger partial charge in [-0.25, -0.2) is 0 Å². The molecule has 0 N–H and O–H groups in total. The first-order valence-electron chi connectivity index (χ1n) is 9.37. The van der Waals surface area contributed by atoms with E-state index in [9.17, 15) is 14.9 Å². The highest BCUT2D eigenvalue weighted by atomic mass is 16.6. The van der Waals surface area contributed by atoms with Crippen LogP contribution in [-0.4, -0.2) is 42.0 Å². The molecule has 1 aliphatic rings. The molecule has 0 atom stereocenters. The fourth-order valence-corrected chi connectivity index (χ4v) is 3.77. The van der Waals surface area contributed by atoms with Gasteiger partial charge in [0.25, 0.3) is 5.69 Å². The van der Waals surface area contributed by atoms with E-state index in [2.05, 4.69) is 4.90 Å². The Morgan fingerprint density at radius 2 is 1.93 bits per heavy atom. The van der Waals surface area contributed by atoms with Gasteiger partial charge in [-0.15, -0.1) is 0 Å². The lowest BCUT2D eigenvalue weighted by Gasteiger charge is -2.38. The van der Waals surface area contributed by atoms with E-state index in [1.165, 1.54) is 6.07 Å². The lowest BCUT2D eigenvalue weighted by Crippen LogP contribution is -2.46. The lowest BCUT2D eigenvalue weighted by atomic mass is 10.0. The van der Waals surface area contributed by atoms with Crippen LogP contribution in [0.2, 0.25) is 0 Å². The van der Waals surface area contributed by atoms with Crippen molar-refractivity contribution < 1.29 is 14.5 Å². The predicted octanol–water partition coefficient (Wildman–Crippen LogP) is 3.62. The maximum absolute atomic E-state index is 12.3. The van der Waals surface area contributed by atoms with Gasteiger partial charge in [0.1, 0.15) is 5.75 Å². The monoisotopic (exact) mass is 383 g/mol. The molecule has 0 aliphatic carbocycles. The molecular formula is C21H25N3O4. The van der Waals surface area contributed by atoms with Crippen molar-refractivity contribution in [1.29, 1.82) is 0 Å². The van der Waals surface area contributed by atoms with Crippen molar-refractivity contribution in [2.45, 2.75) is 32.4 Å². The third-order valence-electron chi connectivity index (χ3n) is 5.12. The Labute approximate surface area is 164 Å². The number of methoxy groups -OCH3 is 1. The standard InChI is InChI=1S/C21H25N3O4/c1-16(25)23(19-6-4-8-21(14-19)28-2)18-9-11-22(12-10-18)15-17-5-3-7-20(13-17)24(26)27/h3-8,13-14,18H,9-12,15H2,1-2H3. The summed E-state index contributed by atoms with van der Waals surface area (Å²) in [6.45, 7) is 3.94. The second-order valence-corrected chi connectivity index (χ2v) is 7.02. The molecule has 0 aromatic heterocycles. The molecule has 3 rings (SSSR count). The molecule has 0 unspecified atom stereocenters. The highest BCUT2D eigenvalue weighted by molar-refractivity contribution is 5.92. The van der Waals surface area contributed by atoms with Crippen molar-refractivity contribution in [2.75, 3.05) is 25.1 Å².